The number of halogens is 3. The van der Waals surface area contributed by atoms with Crippen LogP contribution in [-0.4, -0.2) is 31.3 Å². The van der Waals surface area contributed by atoms with Gasteiger partial charge in [0.1, 0.15) is 0 Å². The number of hydrogen-bond donors (Lipinski definition) is 2. The number of ether oxygens (including phenoxy) is 1. The topological polar surface area (TPSA) is 50.4 Å². The number of anilines is 1. The summed E-state index contributed by atoms with van der Waals surface area (Å²) < 4.78 is 41.3. The summed E-state index contributed by atoms with van der Waals surface area (Å²) in [6.45, 7) is 1.80. The molecular weight excluding hydrogens is 261 g/mol. The molecule has 1 saturated heterocycles. The average Bonchev–Trinajstić information content (AvgIpc) is 2.26. The van der Waals surface area contributed by atoms with Gasteiger partial charge < -0.3 is 15.4 Å². The summed E-state index contributed by atoms with van der Waals surface area (Å²) in [7, 11) is 0. The molecule has 2 N–H and O–H groups in total. The lowest BCUT2D eigenvalue weighted by atomic mass is 10.1. The van der Waals surface area contributed by atoms with Gasteiger partial charge in [0.15, 0.2) is 0 Å². The molecule has 0 unspecified atom stereocenters. The lowest BCUT2D eigenvalue weighted by molar-refractivity contribution is -0.167. The van der Waals surface area contributed by atoms with Crippen molar-refractivity contribution >= 4 is 11.6 Å². The Balaban J connectivity index is 1.92. The summed E-state index contributed by atoms with van der Waals surface area (Å²) in [6, 6.07) is 6.58. The minimum atomic E-state index is -4.88. The van der Waals surface area contributed by atoms with E-state index in [1.165, 1.54) is 12.1 Å². The fraction of sp³-hybridized carbons (Fsp3) is 0.417. The molecule has 4 nitrogen and oxygen atoms in total. The van der Waals surface area contributed by atoms with E-state index in [0.29, 0.717) is 19.8 Å². The standard InChI is InChI=1S/C12H13F3N2O2/c13-12(14,15)11(18)17-9-3-1-2-8(4-9)5-16-10-6-19-7-10/h1-4,10,16H,5-7H2,(H,17,18). The van der Waals surface area contributed by atoms with Crippen molar-refractivity contribution in [2.75, 3.05) is 18.5 Å². The van der Waals surface area contributed by atoms with Gasteiger partial charge in [0.05, 0.1) is 19.3 Å². The molecule has 104 valence electrons. The molecule has 1 amide bonds. The third-order valence-corrected chi connectivity index (χ3v) is 2.68. The van der Waals surface area contributed by atoms with Gasteiger partial charge in [-0.25, -0.2) is 0 Å². The molecular formula is C12H13F3N2O2. The van der Waals surface area contributed by atoms with Crippen LogP contribution in [0.25, 0.3) is 0 Å². The van der Waals surface area contributed by atoms with Gasteiger partial charge in [-0.2, -0.15) is 13.2 Å². The highest BCUT2D eigenvalue weighted by Crippen LogP contribution is 2.19. The molecule has 0 radical (unpaired) electrons. The van der Waals surface area contributed by atoms with Crippen LogP contribution in [0.1, 0.15) is 5.56 Å². The Bertz CT molecular complexity index is 459. The summed E-state index contributed by atoms with van der Waals surface area (Å²) in [4.78, 5) is 10.8. The molecule has 1 aliphatic rings. The van der Waals surface area contributed by atoms with E-state index in [1.54, 1.807) is 12.1 Å². The highest BCUT2D eigenvalue weighted by Gasteiger charge is 2.38. The normalized spacial score (nSPS) is 15.9. The summed E-state index contributed by atoms with van der Waals surface area (Å²) in [5, 5.41) is 5.01. The molecule has 19 heavy (non-hydrogen) atoms. The first-order chi connectivity index (χ1) is 8.95. The first kappa shape index (κ1) is 13.8. The van der Waals surface area contributed by atoms with Crippen molar-refractivity contribution in [3.63, 3.8) is 0 Å². The molecule has 1 fully saturated rings. The van der Waals surface area contributed by atoms with Crippen LogP contribution in [0, 0.1) is 0 Å². The molecule has 1 aromatic carbocycles. The zero-order valence-corrected chi connectivity index (χ0v) is 9.96. The Hall–Kier alpha value is -1.60. The van der Waals surface area contributed by atoms with Gasteiger partial charge in [-0.3, -0.25) is 4.79 Å². The van der Waals surface area contributed by atoms with Crippen LogP contribution in [0.4, 0.5) is 18.9 Å². The summed E-state index contributed by atoms with van der Waals surface area (Å²) in [5.41, 5.74) is 0.929. The van der Waals surface area contributed by atoms with E-state index < -0.39 is 12.1 Å². The van der Waals surface area contributed by atoms with Gasteiger partial charge >= 0.3 is 12.1 Å². The van der Waals surface area contributed by atoms with Crippen LogP contribution in [0.3, 0.4) is 0 Å². The molecule has 0 bridgehead atoms. The smallest absolute Gasteiger partial charge is 0.378 e. The Morgan fingerprint density at radius 3 is 2.68 bits per heavy atom. The highest BCUT2D eigenvalue weighted by molar-refractivity contribution is 5.94. The zero-order valence-electron chi connectivity index (χ0n) is 9.96. The molecule has 1 heterocycles. The third-order valence-electron chi connectivity index (χ3n) is 2.68. The Morgan fingerprint density at radius 2 is 2.11 bits per heavy atom. The van der Waals surface area contributed by atoms with Gasteiger partial charge in [-0.1, -0.05) is 12.1 Å². The second kappa shape index (κ2) is 5.58. The van der Waals surface area contributed by atoms with Gasteiger partial charge in [0.25, 0.3) is 0 Å². The molecule has 0 aromatic heterocycles. The fourth-order valence-corrected chi connectivity index (χ4v) is 1.58. The van der Waals surface area contributed by atoms with E-state index in [-0.39, 0.29) is 11.7 Å². The van der Waals surface area contributed by atoms with Crippen LogP contribution in [0.15, 0.2) is 24.3 Å². The van der Waals surface area contributed by atoms with Crippen molar-refractivity contribution < 1.29 is 22.7 Å². The molecule has 0 spiro atoms. The lowest BCUT2D eigenvalue weighted by Gasteiger charge is -2.27. The number of nitrogens with one attached hydrogen (secondary N) is 2. The molecule has 1 aliphatic heterocycles. The third kappa shape index (κ3) is 3.93. The Labute approximate surface area is 107 Å². The quantitative estimate of drug-likeness (QED) is 0.878. The number of carbonyl (C=O) groups excluding carboxylic acids is 1. The van der Waals surface area contributed by atoms with Gasteiger partial charge in [-0.05, 0) is 17.7 Å². The lowest BCUT2D eigenvalue weighted by Crippen LogP contribution is -2.45. The molecule has 1 aromatic rings. The predicted molar refractivity (Wildman–Crippen MR) is 62.6 cm³/mol. The van der Waals surface area contributed by atoms with E-state index in [4.69, 9.17) is 4.74 Å². The average molecular weight is 274 g/mol. The van der Waals surface area contributed by atoms with E-state index in [2.05, 4.69) is 5.32 Å². The van der Waals surface area contributed by atoms with Gasteiger partial charge in [0.2, 0.25) is 0 Å². The number of rotatable bonds is 4. The van der Waals surface area contributed by atoms with E-state index in [9.17, 15) is 18.0 Å². The van der Waals surface area contributed by atoms with Crippen molar-refractivity contribution in [1.29, 1.82) is 0 Å². The van der Waals surface area contributed by atoms with Crippen molar-refractivity contribution in [2.24, 2.45) is 0 Å². The van der Waals surface area contributed by atoms with Crippen LogP contribution < -0.4 is 10.6 Å². The number of alkyl halides is 3. The van der Waals surface area contributed by atoms with Crippen LogP contribution >= 0.6 is 0 Å². The van der Waals surface area contributed by atoms with E-state index in [1.807, 2.05) is 5.32 Å². The monoisotopic (exact) mass is 274 g/mol. The van der Waals surface area contributed by atoms with Crippen molar-refractivity contribution in [3.8, 4) is 0 Å². The Kier molecular flexibility index (Phi) is 4.06. The fourth-order valence-electron chi connectivity index (χ4n) is 1.58. The number of benzene rings is 1. The molecule has 0 atom stereocenters. The largest absolute Gasteiger partial charge is 0.471 e. The van der Waals surface area contributed by atoms with Crippen molar-refractivity contribution in [3.05, 3.63) is 29.8 Å². The maximum Gasteiger partial charge on any atom is 0.471 e. The number of carbonyl (C=O) groups is 1. The summed E-state index contributed by atoms with van der Waals surface area (Å²) in [5.74, 6) is -1.97. The SMILES string of the molecule is O=C(Nc1cccc(CNC2COC2)c1)C(F)(F)F. The van der Waals surface area contributed by atoms with E-state index in [0.717, 1.165) is 5.56 Å². The highest BCUT2D eigenvalue weighted by atomic mass is 19.4. The minimum absolute atomic E-state index is 0.131. The maximum absolute atomic E-state index is 12.1. The summed E-state index contributed by atoms with van der Waals surface area (Å²) in [6.07, 6.45) is -4.88. The van der Waals surface area contributed by atoms with Gasteiger partial charge in [-0.15, -0.1) is 0 Å². The maximum atomic E-state index is 12.1. The van der Waals surface area contributed by atoms with E-state index >= 15 is 0 Å². The number of amides is 1. The Morgan fingerprint density at radius 1 is 1.37 bits per heavy atom. The molecule has 0 saturated carbocycles. The van der Waals surface area contributed by atoms with Crippen LogP contribution in [-0.2, 0) is 16.1 Å². The second-order valence-corrected chi connectivity index (χ2v) is 4.27. The zero-order chi connectivity index (χ0) is 13.9. The molecule has 2 rings (SSSR count). The number of hydrogen-bond acceptors (Lipinski definition) is 3. The summed E-state index contributed by atoms with van der Waals surface area (Å²) >= 11 is 0. The predicted octanol–water partition coefficient (Wildman–Crippen LogP) is 1.68. The van der Waals surface area contributed by atoms with Gasteiger partial charge in [0, 0.05) is 12.2 Å². The van der Waals surface area contributed by atoms with Crippen LogP contribution in [0.5, 0.6) is 0 Å². The first-order valence-electron chi connectivity index (χ1n) is 5.73. The molecule has 0 aliphatic carbocycles. The van der Waals surface area contributed by atoms with Crippen molar-refractivity contribution in [2.45, 2.75) is 18.8 Å². The second-order valence-electron chi connectivity index (χ2n) is 4.27. The van der Waals surface area contributed by atoms with Crippen LogP contribution in [0.2, 0.25) is 0 Å². The first-order valence-corrected chi connectivity index (χ1v) is 5.73. The van der Waals surface area contributed by atoms with Crippen molar-refractivity contribution in [1.82, 2.24) is 5.32 Å². The minimum Gasteiger partial charge on any atom is -0.378 e. The molecule has 7 heteroatoms.